The lowest BCUT2D eigenvalue weighted by Gasteiger charge is -2.13. The van der Waals surface area contributed by atoms with Crippen LogP contribution >= 0.6 is 0 Å². The first-order valence-electron chi connectivity index (χ1n) is 6.97. The van der Waals surface area contributed by atoms with Crippen molar-refractivity contribution >= 4 is 11.7 Å². The molecule has 1 unspecified atom stereocenters. The van der Waals surface area contributed by atoms with E-state index in [4.69, 9.17) is 5.26 Å². The smallest absolute Gasteiger partial charge is 0.245 e. The molecule has 20 heavy (non-hydrogen) atoms. The third-order valence-electron chi connectivity index (χ3n) is 3.74. The largest absolute Gasteiger partial charge is 0.350 e. The second kappa shape index (κ2) is 6.85. The zero-order valence-electron chi connectivity index (χ0n) is 11.3. The molecular formula is C16H18N2O2. The molecule has 4 heteroatoms. The van der Waals surface area contributed by atoms with Crippen molar-refractivity contribution in [3.05, 3.63) is 35.9 Å². The van der Waals surface area contributed by atoms with Crippen LogP contribution in [0.5, 0.6) is 0 Å². The van der Waals surface area contributed by atoms with E-state index in [1.165, 1.54) is 0 Å². The molecule has 4 nitrogen and oxygen atoms in total. The molecule has 2 rings (SSSR count). The Hall–Kier alpha value is -2.15. The van der Waals surface area contributed by atoms with Gasteiger partial charge in [-0.3, -0.25) is 9.59 Å². The second-order valence-corrected chi connectivity index (χ2v) is 5.15. The summed E-state index contributed by atoms with van der Waals surface area (Å²) in [6, 6.07) is 11.3. The standard InChI is InChI=1S/C16H18N2O2/c17-10-14(15(19)13-8-4-5-9-13)16(20)18-11-12-6-2-1-3-7-12/h1-3,6-7,13-14H,4-5,8-9,11H2,(H,18,20). The van der Waals surface area contributed by atoms with Crippen LogP contribution in [0.1, 0.15) is 31.2 Å². The molecule has 1 saturated carbocycles. The van der Waals surface area contributed by atoms with Gasteiger partial charge in [-0.1, -0.05) is 43.2 Å². The van der Waals surface area contributed by atoms with Crippen LogP contribution in [-0.2, 0) is 16.1 Å². The summed E-state index contributed by atoms with van der Waals surface area (Å²) >= 11 is 0. The zero-order valence-corrected chi connectivity index (χ0v) is 11.3. The normalized spacial score (nSPS) is 16.4. The summed E-state index contributed by atoms with van der Waals surface area (Å²) in [5.41, 5.74) is 0.950. The summed E-state index contributed by atoms with van der Waals surface area (Å²) in [6.45, 7) is 0.343. The molecule has 0 aliphatic heterocycles. The van der Waals surface area contributed by atoms with Crippen LogP contribution in [0, 0.1) is 23.2 Å². The fourth-order valence-corrected chi connectivity index (χ4v) is 2.58. The maximum absolute atomic E-state index is 12.1. The van der Waals surface area contributed by atoms with Gasteiger partial charge in [0.25, 0.3) is 0 Å². The summed E-state index contributed by atoms with van der Waals surface area (Å²) in [4.78, 5) is 24.1. The van der Waals surface area contributed by atoms with Crippen molar-refractivity contribution in [2.45, 2.75) is 32.2 Å². The number of rotatable bonds is 5. The highest BCUT2D eigenvalue weighted by atomic mass is 16.2. The minimum atomic E-state index is -1.16. The van der Waals surface area contributed by atoms with Gasteiger partial charge in [-0.15, -0.1) is 0 Å². The third-order valence-corrected chi connectivity index (χ3v) is 3.74. The summed E-state index contributed by atoms with van der Waals surface area (Å²) < 4.78 is 0. The monoisotopic (exact) mass is 270 g/mol. The Balaban J connectivity index is 1.92. The maximum Gasteiger partial charge on any atom is 0.245 e. The predicted molar refractivity (Wildman–Crippen MR) is 74.4 cm³/mol. The van der Waals surface area contributed by atoms with E-state index >= 15 is 0 Å². The van der Waals surface area contributed by atoms with Gasteiger partial charge >= 0.3 is 0 Å². The highest BCUT2D eigenvalue weighted by Gasteiger charge is 2.33. The molecule has 1 amide bonds. The lowest BCUT2D eigenvalue weighted by atomic mass is 9.92. The molecule has 0 heterocycles. The molecule has 1 aliphatic rings. The second-order valence-electron chi connectivity index (χ2n) is 5.15. The summed E-state index contributed by atoms with van der Waals surface area (Å²) in [6.07, 6.45) is 3.65. The van der Waals surface area contributed by atoms with Crippen LogP contribution in [0.3, 0.4) is 0 Å². The Kier molecular flexibility index (Phi) is 4.89. The quantitative estimate of drug-likeness (QED) is 0.834. The van der Waals surface area contributed by atoms with Crippen molar-refractivity contribution in [3.63, 3.8) is 0 Å². The van der Waals surface area contributed by atoms with Crippen LogP contribution in [-0.4, -0.2) is 11.7 Å². The van der Waals surface area contributed by atoms with Crippen LogP contribution in [0.25, 0.3) is 0 Å². The van der Waals surface area contributed by atoms with Gasteiger partial charge in [0.2, 0.25) is 5.91 Å². The number of nitrogens with zero attached hydrogens (tertiary/aromatic N) is 1. The highest BCUT2D eigenvalue weighted by Crippen LogP contribution is 2.27. The molecule has 1 aromatic carbocycles. The van der Waals surface area contributed by atoms with E-state index in [-0.39, 0.29) is 11.7 Å². The number of nitrogens with one attached hydrogen (secondary N) is 1. The maximum atomic E-state index is 12.1. The average molecular weight is 270 g/mol. The van der Waals surface area contributed by atoms with E-state index in [1.54, 1.807) is 0 Å². The minimum Gasteiger partial charge on any atom is -0.350 e. The molecule has 0 spiro atoms. The van der Waals surface area contributed by atoms with E-state index in [9.17, 15) is 9.59 Å². The first kappa shape index (κ1) is 14.3. The highest BCUT2D eigenvalue weighted by molar-refractivity contribution is 6.04. The van der Waals surface area contributed by atoms with Gasteiger partial charge in [0.15, 0.2) is 11.7 Å². The Bertz CT molecular complexity index is 513. The van der Waals surface area contributed by atoms with Gasteiger partial charge in [-0.2, -0.15) is 5.26 Å². The van der Waals surface area contributed by atoms with E-state index in [0.29, 0.717) is 6.54 Å². The van der Waals surface area contributed by atoms with Crippen molar-refractivity contribution < 1.29 is 9.59 Å². The number of benzene rings is 1. The Morgan fingerprint density at radius 2 is 1.90 bits per heavy atom. The van der Waals surface area contributed by atoms with Gasteiger partial charge in [0, 0.05) is 12.5 Å². The molecule has 104 valence electrons. The number of amides is 1. The minimum absolute atomic E-state index is 0.109. The summed E-state index contributed by atoms with van der Waals surface area (Å²) in [5.74, 6) is -1.97. The molecule has 0 bridgehead atoms. The van der Waals surface area contributed by atoms with Crippen LogP contribution in [0.2, 0.25) is 0 Å². The molecular weight excluding hydrogens is 252 g/mol. The molecule has 1 atom stereocenters. The van der Waals surface area contributed by atoms with E-state index in [2.05, 4.69) is 5.32 Å². The number of Topliss-reactive ketones (excluding diaryl/α,β-unsaturated/α-hetero) is 1. The van der Waals surface area contributed by atoms with Crippen LogP contribution < -0.4 is 5.32 Å². The molecule has 1 aromatic rings. The van der Waals surface area contributed by atoms with Gasteiger partial charge in [-0.05, 0) is 18.4 Å². The Labute approximate surface area is 118 Å². The first-order chi connectivity index (χ1) is 9.72. The summed E-state index contributed by atoms with van der Waals surface area (Å²) in [7, 11) is 0. The van der Waals surface area contributed by atoms with Gasteiger partial charge in [0.05, 0.1) is 6.07 Å². The lowest BCUT2D eigenvalue weighted by molar-refractivity contribution is -0.133. The topological polar surface area (TPSA) is 70.0 Å². The van der Waals surface area contributed by atoms with Crippen molar-refractivity contribution in [3.8, 4) is 6.07 Å². The van der Waals surface area contributed by atoms with E-state index < -0.39 is 11.8 Å². The van der Waals surface area contributed by atoms with Crippen molar-refractivity contribution in [2.24, 2.45) is 11.8 Å². The number of hydrogen-bond acceptors (Lipinski definition) is 3. The fourth-order valence-electron chi connectivity index (χ4n) is 2.58. The Morgan fingerprint density at radius 3 is 2.50 bits per heavy atom. The molecule has 1 aliphatic carbocycles. The number of carbonyl (C=O) groups is 2. The zero-order chi connectivity index (χ0) is 14.4. The summed E-state index contributed by atoms with van der Waals surface area (Å²) in [5, 5.41) is 11.8. The number of hydrogen-bond donors (Lipinski definition) is 1. The third kappa shape index (κ3) is 3.45. The first-order valence-corrected chi connectivity index (χ1v) is 6.97. The molecule has 0 radical (unpaired) electrons. The van der Waals surface area contributed by atoms with Crippen molar-refractivity contribution in [1.82, 2.24) is 5.32 Å². The molecule has 0 saturated heterocycles. The number of ketones is 1. The van der Waals surface area contributed by atoms with Crippen molar-refractivity contribution in [1.29, 1.82) is 5.26 Å². The SMILES string of the molecule is N#CC(C(=O)NCc1ccccc1)C(=O)C1CCCC1. The Morgan fingerprint density at radius 1 is 1.25 bits per heavy atom. The van der Waals surface area contributed by atoms with Crippen molar-refractivity contribution in [2.75, 3.05) is 0 Å². The van der Waals surface area contributed by atoms with Gasteiger partial charge < -0.3 is 5.32 Å². The van der Waals surface area contributed by atoms with Crippen LogP contribution in [0.15, 0.2) is 30.3 Å². The lowest BCUT2D eigenvalue weighted by Crippen LogP contribution is -2.36. The van der Waals surface area contributed by atoms with Crippen LogP contribution in [0.4, 0.5) is 0 Å². The average Bonchev–Trinajstić information content (AvgIpc) is 3.01. The molecule has 1 fully saturated rings. The number of carbonyl (C=O) groups excluding carboxylic acids is 2. The van der Waals surface area contributed by atoms with E-state index in [1.807, 2.05) is 36.4 Å². The van der Waals surface area contributed by atoms with Gasteiger partial charge in [-0.25, -0.2) is 0 Å². The molecule has 1 N–H and O–H groups in total. The van der Waals surface area contributed by atoms with Gasteiger partial charge in [0.1, 0.15) is 0 Å². The number of nitriles is 1. The fraction of sp³-hybridized carbons (Fsp3) is 0.438. The predicted octanol–water partition coefficient (Wildman–Crippen LogP) is 2.20. The molecule has 0 aromatic heterocycles. The van der Waals surface area contributed by atoms with E-state index in [0.717, 1.165) is 31.2 Å².